The largest absolute Gasteiger partial charge is 0.497 e. The van der Waals surface area contributed by atoms with E-state index >= 15 is 0 Å². The number of halogens is 1. The van der Waals surface area contributed by atoms with E-state index in [-0.39, 0.29) is 17.1 Å². The maximum absolute atomic E-state index is 12.8. The molecule has 160 valence electrons. The summed E-state index contributed by atoms with van der Waals surface area (Å²) < 4.78 is 5.16. The van der Waals surface area contributed by atoms with Gasteiger partial charge in [0.2, 0.25) is 11.8 Å². The molecule has 0 N–H and O–H groups in total. The van der Waals surface area contributed by atoms with Crippen molar-refractivity contribution in [2.24, 2.45) is 0 Å². The summed E-state index contributed by atoms with van der Waals surface area (Å²) in [7, 11) is 1.64. The van der Waals surface area contributed by atoms with Gasteiger partial charge in [0, 0.05) is 42.5 Å². The Morgan fingerprint density at radius 1 is 1.00 bits per heavy atom. The number of carbonyl (C=O) groups excluding carboxylic acids is 2. The van der Waals surface area contributed by atoms with E-state index in [9.17, 15) is 9.59 Å². The minimum Gasteiger partial charge on any atom is -0.497 e. The average Bonchev–Trinajstić information content (AvgIpc) is 2.79. The van der Waals surface area contributed by atoms with Crippen LogP contribution >= 0.6 is 23.4 Å². The number of amides is 2. The Morgan fingerprint density at radius 2 is 1.60 bits per heavy atom. The lowest BCUT2D eigenvalue weighted by Gasteiger charge is -2.36. The van der Waals surface area contributed by atoms with Gasteiger partial charge < -0.3 is 14.5 Å². The number of hydrogen-bond acceptors (Lipinski definition) is 4. The molecule has 30 heavy (non-hydrogen) atoms. The van der Waals surface area contributed by atoms with E-state index in [0.29, 0.717) is 44.0 Å². The van der Waals surface area contributed by atoms with Crippen LogP contribution in [0.5, 0.6) is 5.75 Å². The van der Waals surface area contributed by atoms with Crippen molar-refractivity contribution in [2.45, 2.75) is 29.9 Å². The number of thioether (sulfide) groups is 1. The second kappa shape index (κ2) is 10.7. The van der Waals surface area contributed by atoms with Crippen LogP contribution in [0.25, 0.3) is 0 Å². The van der Waals surface area contributed by atoms with Gasteiger partial charge in [-0.05, 0) is 55.3 Å². The minimum absolute atomic E-state index is 0.111. The van der Waals surface area contributed by atoms with Gasteiger partial charge in [-0.25, -0.2) is 0 Å². The third kappa shape index (κ3) is 6.16. The summed E-state index contributed by atoms with van der Waals surface area (Å²) in [5.74, 6) is 1.07. The van der Waals surface area contributed by atoms with Crippen molar-refractivity contribution < 1.29 is 14.3 Å². The Bertz CT molecular complexity index is 850. The number of methoxy groups -OCH3 is 1. The fraction of sp³-hybridized carbons (Fsp3) is 0.391. The zero-order valence-corrected chi connectivity index (χ0v) is 18.9. The van der Waals surface area contributed by atoms with E-state index in [1.54, 1.807) is 7.11 Å². The van der Waals surface area contributed by atoms with E-state index in [1.807, 2.05) is 65.3 Å². The predicted molar refractivity (Wildman–Crippen MR) is 121 cm³/mol. The molecule has 0 aliphatic carbocycles. The van der Waals surface area contributed by atoms with Gasteiger partial charge in [-0.2, -0.15) is 0 Å². The Morgan fingerprint density at radius 3 is 2.20 bits per heavy atom. The molecule has 0 aromatic heterocycles. The van der Waals surface area contributed by atoms with Crippen molar-refractivity contribution in [3.05, 3.63) is 59.1 Å². The Hall–Kier alpha value is -2.18. The zero-order chi connectivity index (χ0) is 21.5. The van der Waals surface area contributed by atoms with Crippen LogP contribution in [-0.4, -0.2) is 60.2 Å². The number of ether oxygens (including phenoxy) is 1. The normalized spacial score (nSPS) is 15.0. The molecular weight excluding hydrogens is 420 g/mol. The lowest BCUT2D eigenvalue weighted by atomic mass is 10.1. The molecule has 2 aromatic rings. The van der Waals surface area contributed by atoms with Crippen molar-refractivity contribution in [1.82, 2.24) is 9.80 Å². The number of nitrogens with zero attached hydrogens (tertiary/aromatic N) is 2. The molecule has 2 amide bonds. The molecule has 5 nitrogen and oxygen atoms in total. The first-order valence-corrected chi connectivity index (χ1v) is 11.3. The van der Waals surface area contributed by atoms with Gasteiger partial charge in [-0.15, -0.1) is 11.8 Å². The highest BCUT2D eigenvalue weighted by molar-refractivity contribution is 8.00. The monoisotopic (exact) mass is 446 g/mol. The molecule has 0 bridgehead atoms. The van der Waals surface area contributed by atoms with E-state index in [0.717, 1.165) is 16.2 Å². The number of rotatable bonds is 7. The second-order valence-corrected chi connectivity index (χ2v) is 9.12. The van der Waals surface area contributed by atoms with E-state index in [4.69, 9.17) is 16.3 Å². The molecule has 1 saturated heterocycles. The van der Waals surface area contributed by atoms with Crippen LogP contribution in [0, 0.1) is 0 Å². The molecule has 7 heteroatoms. The molecular formula is C23H27ClN2O3S. The molecule has 1 aliphatic rings. The van der Waals surface area contributed by atoms with Crippen LogP contribution in [0.15, 0.2) is 53.4 Å². The maximum atomic E-state index is 12.8. The first-order chi connectivity index (χ1) is 14.5. The quantitative estimate of drug-likeness (QED) is 0.600. The van der Waals surface area contributed by atoms with Crippen molar-refractivity contribution >= 4 is 35.2 Å². The fourth-order valence-electron chi connectivity index (χ4n) is 3.40. The number of aryl methyl sites for hydroxylation is 1. The molecule has 0 radical (unpaired) electrons. The highest BCUT2D eigenvalue weighted by Gasteiger charge is 2.27. The zero-order valence-electron chi connectivity index (χ0n) is 17.3. The summed E-state index contributed by atoms with van der Waals surface area (Å²) in [6.45, 7) is 4.27. The van der Waals surface area contributed by atoms with Crippen molar-refractivity contribution in [3.63, 3.8) is 0 Å². The standard InChI is InChI=1S/C23H27ClN2O3S/c1-17(30-21-10-6-19(24)7-11-21)23(28)26-15-13-25(14-16-26)22(27)12-5-18-3-8-20(29-2)9-4-18/h3-4,6-11,17H,5,12-16H2,1-2H3. The first kappa shape index (κ1) is 22.5. The number of hydrogen-bond donors (Lipinski definition) is 0. The summed E-state index contributed by atoms with van der Waals surface area (Å²) in [6, 6.07) is 15.3. The summed E-state index contributed by atoms with van der Waals surface area (Å²) in [4.78, 5) is 30.1. The number of piperazine rings is 1. The minimum atomic E-state index is -0.177. The topological polar surface area (TPSA) is 49.9 Å². The fourth-order valence-corrected chi connectivity index (χ4v) is 4.48. The van der Waals surface area contributed by atoms with Crippen molar-refractivity contribution in [1.29, 1.82) is 0 Å². The van der Waals surface area contributed by atoms with Crippen molar-refractivity contribution in [2.75, 3.05) is 33.3 Å². The Balaban J connectivity index is 1.43. The molecule has 1 heterocycles. The van der Waals surface area contributed by atoms with Crippen LogP contribution in [0.4, 0.5) is 0 Å². The summed E-state index contributed by atoms with van der Waals surface area (Å²) in [5, 5.41) is 0.509. The van der Waals surface area contributed by atoms with Crippen LogP contribution < -0.4 is 4.74 Å². The smallest absolute Gasteiger partial charge is 0.235 e. The summed E-state index contributed by atoms with van der Waals surface area (Å²) in [6.07, 6.45) is 1.18. The third-order valence-corrected chi connectivity index (χ3v) is 6.56. The van der Waals surface area contributed by atoms with Crippen LogP contribution in [0.1, 0.15) is 18.9 Å². The Labute approximate surface area is 187 Å². The maximum Gasteiger partial charge on any atom is 0.235 e. The van der Waals surface area contributed by atoms with Gasteiger partial charge in [-0.1, -0.05) is 23.7 Å². The molecule has 3 rings (SSSR count). The first-order valence-electron chi connectivity index (χ1n) is 10.1. The summed E-state index contributed by atoms with van der Waals surface area (Å²) in [5.41, 5.74) is 1.12. The average molecular weight is 447 g/mol. The van der Waals surface area contributed by atoms with Gasteiger partial charge in [0.1, 0.15) is 5.75 Å². The highest BCUT2D eigenvalue weighted by atomic mass is 35.5. The second-order valence-electron chi connectivity index (χ2n) is 7.27. The lowest BCUT2D eigenvalue weighted by molar-refractivity contribution is -0.139. The van der Waals surface area contributed by atoms with E-state index in [1.165, 1.54) is 11.8 Å². The van der Waals surface area contributed by atoms with Gasteiger partial charge in [0.05, 0.1) is 12.4 Å². The van der Waals surface area contributed by atoms with Gasteiger partial charge in [0.25, 0.3) is 0 Å². The highest BCUT2D eigenvalue weighted by Crippen LogP contribution is 2.26. The summed E-state index contributed by atoms with van der Waals surface area (Å²) >= 11 is 7.45. The van der Waals surface area contributed by atoms with Crippen LogP contribution in [0.3, 0.4) is 0 Å². The molecule has 1 atom stereocenters. The molecule has 0 spiro atoms. The molecule has 0 saturated carbocycles. The van der Waals surface area contributed by atoms with Gasteiger partial charge >= 0.3 is 0 Å². The number of benzene rings is 2. The lowest BCUT2D eigenvalue weighted by Crippen LogP contribution is -2.52. The van der Waals surface area contributed by atoms with Crippen molar-refractivity contribution in [3.8, 4) is 5.75 Å². The molecule has 1 aliphatic heterocycles. The number of carbonyl (C=O) groups is 2. The SMILES string of the molecule is COc1ccc(CCC(=O)N2CCN(C(=O)C(C)Sc3ccc(Cl)cc3)CC2)cc1. The van der Waals surface area contributed by atoms with Crippen LogP contribution in [-0.2, 0) is 16.0 Å². The van der Waals surface area contributed by atoms with E-state index in [2.05, 4.69) is 0 Å². The molecule has 2 aromatic carbocycles. The molecule has 1 fully saturated rings. The van der Waals surface area contributed by atoms with Gasteiger partial charge in [-0.3, -0.25) is 9.59 Å². The molecule has 1 unspecified atom stereocenters. The Kier molecular flexibility index (Phi) is 8.05. The van der Waals surface area contributed by atoms with Gasteiger partial charge in [0.15, 0.2) is 0 Å². The van der Waals surface area contributed by atoms with Crippen LogP contribution in [0.2, 0.25) is 5.02 Å². The predicted octanol–water partition coefficient (Wildman–Crippen LogP) is 4.13. The third-order valence-electron chi connectivity index (χ3n) is 5.20. The van der Waals surface area contributed by atoms with E-state index < -0.39 is 0 Å².